The van der Waals surface area contributed by atoms with Crippen LogP contribution in [0.2, 0.25) is 0 Å². The van der Waals surface area contributed by atoms with Crippen LogP contribution in [-0.2, 0) is 6.54 Å². The number of aromatic hydroxyl groups is 1. The number of likely N-dealkylation sites (tertiary alicyclic amines) is 1. The molecule has 0 aromatic heterocycles. The van der Waals surface area contributed by atoms with Gasteiger partial charge in [0.1, 0.15) is 0 Å². The molecule has 0 aliphatic carbocycles. The van der Waals surface area contributed by atoms with Gasteiger partial charge in [-0.2, -0.15) is 0 Å². The fourth-order valence-corrected chi connectivity index (χ4v) is 2.87. The lowest BCUT2D eigenvalue weighted by Gasteiger charge is -2.35. The molecule has 1 atom stereocenters. The van der Waals surface area contributed by atoms with E-state index >= 15 is 0 Å². The number of benzene rings is 1. The Morgan fingerprint density at radius 2 is 2.26 bits per heavy atom. The summed E-state index contributed by atoms with van der Waals surface area (Å²) in [5.74, 6) is 0.812. The summed E-state index contributed by atoms with van der Waals surface area (Å²) >= 11 is 0. The second-order valence-corrected chi connectivity index (χ2v) is 5.17. The van der Waals surface area contributed by atoms with E-state index in [1.165, 1.54) is 19.3 Å². The van der Waals surface area contributed by atoms with Crippen molar-refractivity contribution in [2.45, 2.75) is 38.3 Å². The molecule has 4 nitrogen and oxygen atoms in total. The lowest BCUT2D eigenvalue weighted by atomic mass is 9.98. The van der Waals surface area contributed by atoms with E-state index in [0.717, 1.165) is 31.6 Å². The molecular formula is C15H24N2O2. The van der Waals surface area contributed by atoms with Gasteiger partial charge in [0.05, 0.1) is 7.11 Å². The van der Waals surface area contributed by atoms with E-state index in [4.69, 9.17) is 10.5 Å². The predicted octanol–water partition coefficient (Wildman–Crippen LogP) is 2.10. The van der Waals surface area contributed by atoms with Gasteiger partial charge < -0.3 is 15.6 Å². The number of para-hydroxylation sites is 1. The molecule has 1 saturated heterocycles. The van der Waals surface area contributed by atoms with E-state index in [9.17, 15) is 5.11 Å². The Bertz CT molecular complexity index is 407. The number of nitrogens with zero attached hydrogens (tertiary/aromatic N) is 1. The molecule has 19 heavy (non-hydrogen) atoms. The van der Waals surface area contributed by atoms with Crippen molar-refractivity contribution in [3.05, 3.63) is 23.8 Å². The summed E-state index contributed by atoms with van der Waals surface area (Å²) in [5, 5.41) is 10.2. The van der Waals surface area contributed by atoms with E-state index in [0.29, 0.717) is 11.8 Å². The largest absolute Gasteiger partial charge is 0.504 e. The molecule has 1 fully saturated rings. The Hall–Kier alpha value is -1.26. The first-order valence-corrected chi connectivity index (χ1v) is 7.05. The molecule has 0 spiro atoms. The first-order chi connectivity index (χ1) is 9.26. The predicted molar refractivity (Wildman–Crippen MR) is 76.4 cm³/mol. The van der Waals surface area contributed by atoms with E-state index in [-0.39, 0.29) is 5.75 Å². The molecular weight excluding hydrogens is 240 g/mol. The quantitative estimate of drug-likeness (QED) is 0.855. The lowest BCUT2D eigenvalue weighted by Crippen LogP contribution is -2.40. The van der Waals surface area contributed by atoms with Crippen LogP contribution < -0.4 is 10.5 Å². The average Bonchev–Trinajstić information content (AvgIpc) is 2.43. The Labute approximate surface area is 115 Å². The van der Waals surface area contributed by atoms with Crippen LogP contribution in [0.5, 0.6) is 11.5 Å². The molecule has 0 saturated carbocycles. The molecule has 106 valence electrons. The number of phenols is 1. The number of hydrogen-bond donors (Lipinski definition) is 2. The maximum Gasteiger partial charge on any atom is 0.162 e. The van der Waals surface area contributed by atoms with Crippen molar-refractivity contribution in [1.29, 1.82) is 0 Å². The van der Waals surface area contributed by atoms with Crippen molar-refractivity contribution in [2.24, 2.45) is 5.73 Å². The summed E-state index contributed by atoms with van der Waals surface area (Å²) in [5.41, 5.74) is 6.63. The van der Waals surface area contributed by atoms with Crippen molar-refractivity contribution >= 4 is 0 Å². The van der Waals surface area contributed by atoms with Crippen molar-refractivity contribution in [3.8, 4) is 11.5 Å². The summed E-state index contributed by atoms with van der Waals surface area (Å²) in [7, 11) is 1.58. The van der Waals surface area contributed by atoms with Gasteiger partial charge in [0.25, 0.3) is 0 Å². The van der Waals surface area contributed by atoms with Crippen LogP contribution in [0.4, 0.5) is 0 Å². The zero-order chi connectivity index (χ0) is 13.7. The zero-order valence-electron chi connectivity index (χ0n) is 11.6. The number of phenolic OH excluding ortho intramolecular Hbond substituents is 1. The fraction of sp³-hybridized carbons (Fsp3) is 0.600. The van der Waals surface area contributed by atoms with Crippen LogP contribution in [0.15, 0.2) is 18.2 Å². The molecule has 1 aliphatic heterocycles. The van der Waals surface area contributed by atoms with Crippen LogP contribution in [0.3, 0.4) is 0 Å². The van der Waals surface area contributed by atoms with Crippen molar-refractivity contribution in [1.82, 2.24) is 4.90 Å². The molecule has 1 aromatic rings. The van der Waals surface area contributed by atoms with E-state index < -0.39 is 0 Å². The van der Waals surface area contributed by atoms with Crippen LogP contribution >= 0.6 is 0 Å². The van der Waals surface area contributed by atoms with Gasteiger partial charge in [-0.1, -0.05) is 18.6 Å². The van der Waals surface area contributed by atoms with Gasteiger partial charge >= 0.3 is 0 Å². The Morgan fingerprint density at radius 1 is 1.42 bits per heavy atom. The highest BCUT2D eigenvalue weighted by molar-refractivity contribution is 5.45. The summed E-state index contributed by atoms with van der Waals surface area (Å²) in [6, 6.07) is 6.22. The summed E-state index contributed by atoms with van der Waals surface area (Å²) < 4.78 is 5.16. The van der Waals surface area contributed by atoms with E-state index in [1.807, 2.05) is 12.1 Å². The normalized spacial score (nSPS) is 20.4. The molecule has 2 rings (SSSR count). The average molecular weight is 264 g/mol. The minimum absolute atomic E-state index is 0.266. The first kappa shape index (κ1) is 14.2. The second-order valence-electron chi connectivity index (χ2n) is 5.17. The third kappa shape index (κ3) is 3.39. The molecule has 1 unspecified atom stereocenters. The number of rotatable bonds is 5. The molecule has 0 amide bonds. The van der Waals surface area contributed by atoms with Gasteiger partial charge in [0, 0.05) is 18.2 Å². The van der Waals surface area contributed by atoms with Gasteiger partial charge in [0.2, 0.25) is 0 Å². The molecule has 3 N–H and O–H groups in total. The minimum atomic E-state index is 0.266. The van der Waals surface area contributed by atoms with Gasteiger partial charge in [0.15, 0.2) is 11.5 Å². The number of piperidine rings is 1. The van der Waals surface area contributed by atoms with Crippen LogP contribution in [0, 0.1) is 0 Å². The number of nitrogens with two attached hydrogens (primary N) is 1. The zero-order valence-corrected chi connectivity index (χ0v) is 11.6. The highest BCUT2D eigenvalue weighted by Gasteiger charge is 2.22. The third-order valence-electron chi connectivity index (χ3n) is 3.92. The Kier molecular flexibility index (Phi) is 5.05. The number of methoxy groups -OCH3 is 1. The number of ether oxygens (including phenoxy) is 1. The van der Waals surface area contributed by atoms with Crippen LogP contribution in [0.25, 0.3) is 0 Å². The maximum absolute atomic E-state index is 10.2. The fourth-order valence-electron chi connectivity index (χ4n) is 2.87. The van der Waals surface area contributed by atoms with E-state index in [1.54, 1.807) is 13.2 Å². The standard InChI is InChI=1S/C15H24N2O2/c1-19-14-7-4-5-12(15(14)18)11-17-10-3-2-6-13(17)8-9-16/h4-5,7,13,18H,2-3,6,8-11,16H2,1H3. The molecule has 1 aromatic carbocycles. The highest BCUT2D eigenvalue weighted by atomic mass is 16.5. The summed E-state index contributed by atoms with van der Waals surface area (Å²) in [6.07, 6.45) is 4.75. The topological polar surface area (TPSA) is 58.7 Å². The van der Waals surface area contributed by atoms with Gasteiger partial charge in [-0.25, -0.2) is 0 Å². The molecule has 0 bridgehead atoms. The first-order valence-electron chi connectivity index (χ1n) is 7.05. The van der Waals surface area contributed by atoms with Gasteiger partial charge in [-0.3, -0.25) is 4.90 Å². The molecule has 4 heteroatoms. The maximum atomic E-state index is 10.2. The van der Waals surface area contributed by atoms with Gasteiger partial charge in [-0.05, 0) is 38.4 Å². The Morgan fingerprint density at radius 3 is 3.00 bits per heavy atom. The number of hydrogen-bond acceptors (Lipinski definition) is 4. The highest BCUT2D eigenvalue weighted by Crippen LogP contribution is 2.32. The Balaban J connectivity index is 2.10. The summed E-state index contributed by atoms with van der Waals surface area (Å²) in [4.78, 5) is 2.44. The molecule has 1 aliphatic rings. The van der Waals surface area contributed by atoms with Crippen LogP contribution in [0.1, 0.15) is 31.2 Å². The summed E-state index contributed by atoms with van der Waals surface area (Å²) in [6.45, 7) is 2.58. The van der Waals surface area contributed by atoms with Crippen molar-refractivity contribution in [2.75, 3.05) is 20.2 Å². The minimum Gasteiger partial charge on any atom is -0.504 e. The van der Waals surface area contributed by atoms with Crippen molar-refractivity contribution < 1.29 is 9.84 Å². The monoisotopic (exact) mass is 264 g/mol. The molecule has 1 heterocycles. The SMILES string of the molecule is COc1cccc(CN2CCCCC2CCN)c1O. The molecule has 0 radical (unpaired) electrons. The van der Waals surface area contributed by atoms with Crippen LogP contribution in [-0.4, -0.2) is 36.2 Å². The van der Waals surface area contributed by atoms with E-state index in [2.05, 4.69) is 4.90 Å². The lowest BCUT2D eigenvalue weighted by molar-refractivity contribution is 0.132. The third-order valence-corrected chi connectivity index (χ3v) is 3.92. The smallest absolute Gasteiger partial charge is 0.162 e. The second kappa shape index (κ2) is 6.78. The van der Waals surface area contributed by atoms with Gasteiger partial charge in [-0.15, -0.1) is 0 Å². The van der Waals surface area contributed by atoms with Crippen molar-refractivity contribution in [3.63, 3.8) is 0 Å².